The number of benzene rings is 3. The van der Waals surface area contributed by atoms with E-state index in [4.69, 9.17) is 0 Å². The summed E-state index contributed by atoms with van der Waals surface area (Å²) >= 11 is 6.59. The number of anilines is 1. The molecule has 0 aromatic heterocycles. The first-order valence-electron chi connectivity index (χ1n) is 9.81. The summed E-state index contributed by atoms with van der Waals surface area (Å²) in [7, 11) is -4.17. The van der Waals surface area contributed by atoms with Crippen LogP contribution in [0.3, 0.4) is 0 Å². The van der Waals surface area contributed by atoms with E-state index in [0.29, 0.717) is 15.7 Å². The van der Waals surface area contributed by atoms with Crippen LogP contribution in [0.2, 0.25) is 0 Å². The molecular weight excluding hydrogens is 579 g/mol. The number of hydrogen-bond donors (Lipinski definition) is 0. The summed E-state index contributed by atoms with van der Waals surface area (Å²) in [5.74, 6) is -1.60. The molecule has 33 heavy (non-hydrogen) atoms. The van der Waals surface area contributed by atoms with E-state index >= 15 is 0 Å². The Balaban J connectivity index is 1.74. The van der Waals surface area contributed by atoms with Crippen molar-refractivity contribution >= 4 is 59.4 Å². The second-order valence-electron chi connectivity index (χ2n) is 7.39. The minimum atomic E-state index is -4.17. The van der Waals surface area contributed by atoms with E-state index in [1.807, 2.05) is 0 Å². The maximum atomic E-state index is 13.6. The largest absolute Gasteiger partial charge is 0.274 e. The fraction of sp³-hybridized carbons (Fsp3) is 0.130. The third-order valence-corrected chi connectivity index (χ3v) is 8.15. The Morgan fingerprint density at radius 1 is 0.879 bits per heavy atom. The minimum absolute atomic E-state index is 0.0184. The molecule has 1 aliphatic rings. The molecule has 0 radical (unpaired) electrons. The second kappa shape index (κ2) is 9.46. The van der Waals surface area contributed by atoms with E-state index in [1.54, 1.807) is 36.4 Å². The van der Waals surface area contributed by atoms with Gasteiger partial charge >= 0.3 is 0 Å². The fourth-order valence-corrected chi connectivity index (χ4v) is 5.67. The third kappa shape index (κ3) is 4.93. The van der Waals surface area contributed by atoms with Crippen LogP contribution in [0.4, 0.5) is 10.1 Å². The lowest BCUT2D eigenvalue weighted by molar-refractivity contribution is -0.122. The van der Waals surface area contributed by atoms with Gasteiger partial charge < -0.3 is 0 Å². The molecule has 0 aliphatic carbocycles. The van der Waals surface area contributed by atoms with Crippen molar-refractivity contribution < 1.29 is 22.4 Å². The first-order valence-corrected chi connectivity index (χ1v) is 12.8. The standard InChI is InChI=1S/C23H17Br2FN2O4S/c24-16-3-9-19(10-4-16)28-22(29)13-21(23(28)30)27(14-15-1-7-18(26)8-2-15)33(31,32)20-11-5-17(25)6-12-20/h1-12,21H,13-14H2. The van der Waals surface area contributed by atoms with Crippen LogP contribution in [0.5, 0.6) is 0 Å². The molecule has 1 fully saturated rings. The zero-order chi connectivity index (χ0) is 23.8. The molecular formula is C23H17Br2FN2O4S. The van der Waals surface area contributed by atoms with Crippen LogP contribution in [0.25, 0.3) is 0 Å². The molecule has 1 aliphatic heterocycles. The van der Waals surface area contributed by atoms with Crippen molar-refractivity contribution in [3.8, 4) is 0 Å². The van der Waals surface area contributed by atoms with E-state index in [1.165, 1.54) is 36.4 Å². The topological polar surface area (TPSA) is 74.8 Å². The number of nitrogens with zero attached hydrogens (tertiary/aromatic N) is 2. The van der Waals surface area contributed by atoms with Crippen molar-refractivity contribution in [3.63, 3.8) is 0 Å². The lowest BCUT2D eigenvalue weighted by Crippen LogP contribution is -2.45. The van der Waals surface area contributed by atoms with E-state index in [2.05, 4.69) is 31.9 Å². The molecule has 1 saturated heterocycles. The van der Waals surface area contributed by atoms with E-state index in [-0.39, 0.29) is 17.9 Å². The minimum Gasteiger partial charge on any atom is -0.274 e. The molecule has 1 unspecified atom stereocenters. The molecule has 6 nitrogen and oxygen atoms in total. The van der Waals surface area contributed by atoms with Crippen molar-refractivity contribution in [1.29, 1.82) is 0 Å². The van der Waals surface area contributed by atoms with Crippen LogP contribution >= 0.6 is 31.9 Å². The highest BCUT2D eigenvalue weighted by atomic mass is 79.9. The average molecular weight is 596 g/mol. The maximum absolute atomic E-state index is 13.6. The summed E-state index contributed by atoms with van der Waals surface area (Å²) in [6.07, 6.45) is -0.300. The average Bonchev–Trinajstić information content (AvgIpc) is 3.07. The number of sulfonamides is 1. The molecule has 0 N–H and O–H groups in total. The lowest BCUT2D eigenvalue weighted by Gasteiger charge is -2.27. The normalized spacial score (nSPS) is 16.6. The van der Waals surface area contributed by atoms with Gasteiger partial charge in [0.25, 0.3) is 5.91 Å². The van der Waals surface area contributed by atoms with Gasteiger partial charge in [0.05, 0.1) is 17.0 Å². The Hall–Kier alpha value is -2.40. The molecule has 0 bridgehead atoms. The van der Waals surface area contributed by atoms with Gasteiger partial charge in [-0.2, -0.15) is 4.31 Å². The summed E-state index contributed by atoms with van der Waals surface area (Å²) in [4.78, 5) is 27.1. The van der Waals surface area contributed by atoms with Crippen LogP contribution in [0.15, 0.2) is 86.6 Å². The molecule has 0 spiro atoms. The third-order valence-electron chi connectivity index (χ3n) is 5.23. The monoisotopic (exact) mass is 594 g/mol. The van der Waals surface area contributed by atoms with Crippen LogP contribution < -0.4 is 4.90 Å². The Kier molecular flexibility index (Phi) is 6.81. The van der Waals surface area contributed by atoms with Crippen LogP contribution in [0, 0.1) is 5.82 Å². The SMILES string of the molecule is O=C1CC(N(Cc2ccc(F)cc2)S(=O)(=O)c2ccc(Br)cc2)C(=O)N1c1ccc(Br)cc1. The zero-order valence-corrected chi connectivity index (χ0v) is 21.0. The number of carbonyl (C=O) groups is 2. The molecule has 3 aromatic rings. The first-order chi connectivity index (χ1) is 15.7. The van der Waals surface area contributed by atoms with E-state index in [9.17, 15) is 22.4 Å². The Morgan fingerprint density at radius 3 is 2.00 bits per heavy atom. The molecule has 3 aromatic carbocycles. The summed E-state index contributed by atoms with van der Waals surface area (Å²) < 4.78 is 43.1. The van der Waals surface area contributed by atoms with Gasteiger partial charge in [-0.3, -0.25) is 9.59 Å². The summed E-state index contributed by atoms with van der Waals surface area (Å²) in [6.45, 7) is -0.198. The quantitative estimate of drug-likeness (QED) is 0.381. The Labute approximate surface area is 207 Å². The number of amides is 2. The zero-order valence-electron chi connectivity index (χ0n) is 17.0. The summed E-state index contributed by atoms with van der Waals surface area (Å²) in [5.41, 5.74) is 0.845. The highest BCUT2D eigenvalue weighted by Crippen LogP contribution is 2.31. The number of rotatable bonds is 6. The van der Waals surface area contributed by atoms with Gasteiger partial charge in [-0.15, -0.1) is 0 Å². The van der Waals surface area contributed by atoms with E-state index in [0.717, 1.165) is 13.7 Å². The predicted octanol–water partition coefficient (Wildman–Crippen LogP) is 4.87. The van der Waals surface area contributed by atoms with Gasteiger partial charge in [-0.05, 0) is 66.2 Å². The highest BCUT2D eigenvalue weighted by Gasteiger charge is 2.47. The van der Waals surface area contributed by atoms with Crippen molar-refractivity contribution in [1.82, 2.24) is 4.31 Å². The molecule has 2 amide bonds. The van der Waals surface area contributed by atoms with Crippen molar-refractivity contribution in [3.05, 3.63) is 93.1 Å². The molecule has 1 heterocycles. The van der Waals surface area contributed by atoms with Crippen LogP contribution in [-0.4, -0.2) is 30.6 Å². The van der Waals surface area contributed by atoms with Gasteiger partial charge in [0.2, 0.25) is 15.9 Å². The number of carbonyl (C=O) groups excluding carboxylic acids is 2. The number of imide groups is 1. The second-order valence-corrected chi connectivity index (χ2v) is 11.1. The van der Waals surface area contributed by atoms with Gasteiger partial charge in [-0.25, -0.2) is 17.7 Å². The molecule has 0 saturated carbocycles. The van der Waals surface area contributed by atoms with Crippen LogP contribution in [-0.2, 0) is 26.2 Å². The van der Waals surface area contributed by atoms with Crippen LogP contribution in [0.1, 0.15) is 12.0 Å². The molecule has 1 atom stereocenters. The van der Waals surface area contributed by atoms with Crippen molar-refractivity contribution in [2.45, 2.75) is 23.9 Å². The smallest absolute Gasteiger partial charge is 0.252 e. The van der Waals surface area contributed by atoms with Crippen molar-refractivity contribution in [2.24, 2.45) is 0 Å². The lowest BCUT2D eigenvalue weighted by atomic mass is 10.2. The highest BCUT2D eigenvalue weighted by molar-refractivity contribution is 9.10. The predicted molar refractivity (Wildman–Crippen MR) is 128 cm³/mol. The van der Waals surface area contributed by atoms with Gasteiger partial charge in [0.1, 0.15) is 11.9 Å². The summed E-state index contributed by atoms with van der Waals surface area (Å²) in [6, 6.07) is 16.7. The molecule has 10 heteroatoms. The maximum Gasteiger partial charge on any atom is 0.252 e. The van der Waals surface area contributed by atoms with Crippen molar-refractivity contribution in [2.75, 3.05) is 4.90 Å². The fourth-order valence-electron chi connectivity index (χ4n) is 3.58. The Morgan fingerprint density at radius 2 is 1.42 bits per heavy atom. The summed E-state index contributed by atoms with van der Waals surface area (Å²) in [5, 5.41) is 0. The van der Waals surface area contributed by atoms with Gasteiger partial charge in [0.15, 0.2) is 0 Å². The van der Waals surface area contributed by atoms with Gasteiger partial charge in [-0.1, -0.05) is 44.0 Å². The first kappa shape index (κ1) is 23.7. The molecule has 4 rings (SSSR count). The molecule has 170 valence electrons. The van der Waals surface area contributed by atoms with E-state index < -0.39 is 33.7 Å². The Bertz CT molecular complexity index is 1300. The number of hydrogen-bond acceptors (Lipinski definition) is 4. The van der Waals surface area contributed by atoms with Gasteiger partial charge in [0, 0.05) is 15.5 Å². The number of halogens is 3.